The van der Waals surface area contributed by atoms with Crippen LogP contribution in [0.3, 0.4) is 0 Å². The number of halogens is 1. The molecule has 0 unspecified atom stereocenters. The number of amides is 3. The van der Waals surface area contributed by atoms with Crippen molar-refractivity contribution in [3.8, 4) is 11.5 Å². The lowest BCUT2D eigenvalue weighted by Gasteiger charge is -2.32. The van der Waals surface area contributed by atoms with Crippen LogP contribution in [0, 0.1) is 6.92 Å². The van der Waals surface area contributed by atoms with Gasteiger partial charge in [-0.05, 0) is 43.5 Å². The number of benzene rings is 2. The van der Waals surface area contributed by atoms with Crippen molar-refractivity contribution in [1.29, 1.82) is 0 Å². The second-order valence-corrected chi connectivity index (χ2v) is 8.01. The molecule has 3 rings (SSSR count). The van der Waals surface area contributed by atoms with Crippen molar-refractivity contribution in [1.82, 2.24) is 10.2 Å². The lowest BCUT2D eigenvalue weighted by molar-refractivity contribution is -0.119. The SMILES string of the molecule is COc1cc(C(=O)N2CCC(NC(=O)c3ccccc3C)CC2)cc(Cl)c1OCC(N)=O. The fourth-order valence-electron chi connectivity index (χ4n) is 3.63. The molecular weight excluding hydrogens is 434 g/mol. The number of methoxy groups -OCH3 is 1. The van der Waals surface area contributed by atoms with E-state index in [1.807, 2.05) is 25.1 Å². The molecule has 1 aliphatic heterocycles. The Balaban J connectivity index is 1.62. The summed E-state index contributed by atoms with van der Waals surface area (Å²) in [5.41, 5.74) is 7.03. The van der Waals surface area contributed by atoms with Crippen LogP contribution in [0.2, 0.25) is 5.02 Å². The minimum atomic E-state index is -0.652. The third-order valence-corrected chi connectivity index (χ3v) is 5.62. The van der Waals surface area contributed by atoms with E-state index < -0.39 is 5.91 Å². The van der Waals surface area contributed by atoms with Gasteiger partial charge in [0, 0.05) is 30.3 Å². The summed E-state index contributed by atoms with van der Waals surface area (Å²) in [6, 6.07) is 10.4. The number of hydrogen-bond donors (Lipinski definition) is 2. The summed E-state index contributed by atoms with van der Waals surface area (Å²) < 4.78 is 10.6. The maximum Gasteiger partial charge on any atom is 0.255 e. The maximum absolute atomic E-state index is 13.0. The standard InChI is InChI=1S/C23H26ClN3O5/c1-14-5-3-4-6-17(14)22(29)26-16-7-9-27(10-8-16)23(30)15-11-18(24)21(19(12-15)31-2)32-13-20(25)28/h3-6,11-12,16H,7-10,13H2,1-2H3,(H2,25,28)(H,26,29). The minimum Gasteiger partial charge on any atom is -0.493 e. The Labute approximate surface area is 191 Å². The minimum absolute atomic E-state index is 0.00569. The van der Waals surface area contributed by atoms with E-state index in [0.717, 1.165) is 5.56 Å². The molecule has 170 valence electrons. The summed E-state index contributed by atoms with van der Waals surface area (Å²) in [7, 11) is 1.42. The van der Waals surface area contributed by atoms with Gasteiger partial charge in [-0.1, -0.05) is 29.8 Å². The molecule has 8 nitrogen and oxygen atoms in total. The smallest absolute Gasteiger partial charge is 0.255 e. The van der Waals surface area contributed by atoms with Gasteiger partial charge in [-0.2, -0.15) is 0 Å². The predicted octanol–water partition coefficient (Wildman–Crippen LogP) is 2.56. The molecule has 1 aliphatic rings. The largest absolute Gasteiger partial charge is 0.493 e. The third-order valence-electron chi connectivity index (χ3n) is 5.34. The highest BCUT2D eigenvalue weighted by Gasteiger charge is 2.26. The lowest BCUT2D eigenvalue weighted by atomic mass is 10.0. The number of rotatable bonds is 7. The van der Waals surface area contributed by atoms with Crippen LogP contribution in [0.25, 0.3) is 0 Å². The molecule has 2 aromatic carbocycles. The molecule has 1 fully saturated rings. The van der Waals surface area contributed by atoms with Gasteiger partial charge in [0.05, 0.1) is 12.1 Å². The summed E-state index contributed by atoms with van der Waals surface area (Å²) in [6.07, 6.45) is 1.29. The summed E-state index contributed by atoms with van der Waals surface area (Å²) in [5, 5.41) is 3.21. The molecule has 1 saturated heterocycles. The van der Waals surface area contributed by atoms with Gasteiger partial charge in [0.25, 0.3) is 17.7 Å². The zero-order valence-corrected chi connectivity index (χ0v) is 18.8. The van der Waals surface area contributed by atoms with Gasteiger partial charge in [0.2, 0.25) is 0 Å². The van der Waals surface area contributed by atoms with E-state index in [9.17, 15) is 14.4 Å². The van der Waals surface area contributed by atoms with Crippen LogP contribution < -0.4 is 20.5 Å². The van der Waals surface area contributed by atoms with Crippen LogP contribution in [-0.2, 0) is 4.79 Å². The first-order valence-electron chi connectivity index (χ1n) is 10.2. The Morgan fingerprint density at radius 3 is 2.50 bits per heavy atom. The van der Waals surface area contributed by atoms with Crippen LogP contribution in [0.5, 0.6) is 11.5 Å². The zero-order valence-electron chi connectivity index (χ0n) is 18.0. The highest BCUT2D eigenvalue weighted by molar-refractivity contribution is 6.32. The zero-order chi connectivity index (χ0) is 23.3. The van der Waals surface area contributed by atoms with Crippen LogP contribution in [-0.4, -0.2) is 55.5 Å². The van der Waals surface area contributed by atoms with Crippen molar-refractivity contribution in [2.24, 2.45) is 5.73 Å². The molecular formula is C23H26ClN3O5. The Morgan fingerprint density at radius 2 is 1.88 bits per heavy atom. The number of piperidine rings is 1. The molecule has 0 saturated carbocycles. The quantitative estimate of drug-likeness (QED) is 0.661. The van der Waals surface area contributed by atoms with Crippen molar-refractivity contribution in [2.45, 2.75) is 25.8 Å². The number of ether oxygens (including phenoxy) is 2. The van der Waals surface area contributed by atoms with E-state index in [2.05, 4.69) is 5.32 Å². The Bertz CT molecular complexity index is 1020. The molecule has 0 aromatic heterocycles. The van der Waals surface area contributed by atoms with Gasteiger partial charge in [-0.15, -0.1) is 0 Å². The molecule has 0 atom stereocenters. The summed E-state index contributed by atoms with van der Waals surface area (Å²) in [6.45, 7) is 2.54. The summed E-state index contributed by atoms with van der Waals surface area (Å²) in [5.74, 6) is -0.559. The van der Waals surface area contributed by atoms with Gasteiger partial charge in [0.15, 0.2) is 18.1 Å². The fraction of sp³-hybridized carbons (Fsp3) is 0.348. The molecule has 3 N–H and O–H groups in total. The van der Waals surface area contributed by atoms with E-state index in [1.165, 1.54) is 19.2 Å². The van der Waals surface area contributed by atoms with Crippen molar-refractivity contribution in [3.05, 3.63) is 58.1 Å². The normalized spacial score (nSPS) is 14.0. The predicted molar refractivity (Wildman–Crippen MR) is 120 cm³/mol. The lowest BCUT2D eigenvalue weighted by Crippen LogP contribution is -2.46. The highest BCUT2D eigenvalue weighted by Crippen LogP contribution is 2.37. The number of primary amides is 1. The van der Waals surface area contributed by atoms with Crippen LogP contribution >= 0.6 is 11.6 Å². The van der Waals surface area contributed by atoms with Crippen molar-refractivity contribution in [2.75, 3.05) is 26.8 Å². The number of carbonyl (C=O) groups excluding carboxylic acids is 3. The summed E-state index contributed by atoms with van der Waals surface area (Å²) in [4.78, 5) is 38.2. The average molecular weight is 460 g/mol. The van der Waals surface area contributed by atoms with Crippen LogP contribution in [0.15, 0.2) is 36.4 Å². The van der Waals surface area contributed by atoms with Crippen molar-refractivity contribution < 1.29 is 23.9 Å². The number of aryl methyl sites for hydroxylation is 1. The summed E-state index contributed by atoms with van der Waals surface area (Å²) >= 11 is 6.26. The molecule has 2 aromatic rings. The van der Waals surface area contributed by atoms with Crippen LogP contribution in [0.1, 0.15) is 39.1 Å². The topological polar surface area (TPSA) is 111 Å². The first-order valence-corrected chi connectivity index (χ1v) is 10.6. The molecule has 32 heavy (non-hydrogen) atoms. The van der Waals surface area contributed by atoms with Crippen LogP contribution in [0.4, 0.5) is 0 Å². The van der Waals surface area contributed by atoms with Gasteiger partial charge < -0.3 is 25.4 Å². The Kier molecular flexibility index (Phi) is 7.58. The number of nitrogens with two attached hydrogens (primary N) is 1. The van der Waals surface area contributed by atoms with E-state index in [4.69, 9.17) is 26.8 Å². The second-order valence-electron chi connectivity index (χ2n) is 7.60. The molecule has 1 heterocycles. The molecule has 0 bridgehead atoms. The number of hydrogen-bond acceptors (Lipinski definition) is 5. The van der Waals surface area contributed by atoms with Gasteiger partial charge >= 0.3 is 0 Å². The Hall–Kier alpha value is -3.26. The van der Waals surface area contributed by atoms with Gasteiger partial charge in [0.1, 0.15) is 0 Å². The maximum atomic E-state index is 13.0. The first kappa shape index (κ1) is 23.4. The van der Waals surface area contributed by atoms with E-state index >= 15 is 0 Å². The van der Waals surface area contributed by atoms with E-state index in [0.29, 0.717) is 37.1 Å². The molecule has 3 amide bonds. The number of nitrogens with one attached hydrogen (secondary N) is 1. The molecule has 0 radical (unpaired) electrons. The third kappa shape index (κ3) is 5.50. The van der Waals surface area contributed by atoms with E-state index in [-0.39, 0.29) is 41.0 Å². The monoisotopic (exact) mass is 459 g/mol. The average Bonchev–Trinajstić information content (AvgIpc) is 2.77. The Morgan fingerprint density at radius 1 is 1.19 bits per heavy atom. The number of carbonyl (C=O) groups is 3. The van der Waals surface area contributed by atoms with Gasteiger partial charge in [-0.25, -0.2) is 0 Å². The fourth-order valence-corrected chi connectivity index (χ4v) is 3.89. The highest BCUT2D eigenvalue weighted by atomic mass is 35.5. The molecule has 0 spiro atoms. The number of nitrogens with zero attached hydrogens (tertiary/aromatic N) is 1. The van der Waals surface area contributed by atoms with Gasteiger partial charge in [-0.3, -0.25) is 14.4 Å². The second kappa shape index (κ2) is 10.4. The van der Waals surface area contributed by atoms with E-state index in [1.54, 1.807) is 11.0 Å². The first-order chi connectivity index (χ1) is 15.3. The number of likely N-dealkylation sites (tertiary alicyclic amines) is 1. The van der Waals surface area contributed by atoms with Crippen molar-refractivity contribution >= 4 is 29.3 Å². The van der Waals surface area contributed by atoms with Crippen molar-refractivity contribution in [3.63, 3.8) is 0 Å². The molecule has 0 aliphatic carbocycles. The molecule has 9 heteroatoms.